The molecule has 0 aliphatic heterocycles. The van der Waals surface area contributed by atoms with E-state index in [0.717, 1.165) is 37.0 Å². The summed E-state index contributed by atoms with van der Waals surface area (Å²) < 4.78 is 28.9. The van der Waals surface area contributed by atoms with Crippen LogP contribution in [0.4, 0.5) is 8.78 Å². The zero-order chi connectivity index (χ0) is 15.2. The maximum absolute atomic E-state index is 12.3. The van der Waals surface area contributed by atoms with E-state index >= 15 is 0 Å². The van der Waals surface area contributed by atoms with Crippen LogP contribution in [0.5, 0.6) is 5.75 Å². The van der Waals surface area contributed by atoms with E-state index in [4.69, 9.17) is 5.73 Å². The topological polar surface area (TPSA) is 64.3 Å². The van der Waals surface area contributed by atoms with Gasteiger partial charge in [0, 0.05) is 12.6 Å². The van der Waals surface area contributed by atoms with Crippen molar-refractivity contribution in [2.45, 2.75) is 44.8 Å². The summed E-state index contributed by atoms with van der Waals surface area (Å²) >= 11 is 1.09. The number of halogens is 2. The fraction of sp³-hybridized carbons (Fsp3) is 0.643. The molecule has 0 radical (unpaired) electrons. The minimum absolute atomic E-state index is 0.0769. The lowest BCUT2D eigenvalue weighted by Gasteiger charge is -2.30. The number of hydrogen-bond donors (Lipinski definition) is 2. The predicted molar refractivity (Wildman–Crippen MR) is 77.8 cm³/mol. The van der Waals surface area contributed by atoms with E-state index in [1.807, 2.05) is 0 Å². The van der Waals surface area contributed by atoms with Crippen molar-refractivity contribution in [3.05, 3.63) is 16.3 Å². The highest BCUT2D eigenvalue weighted by molar-refractivity contribution is 7.12. The Labute approximate surface area is 126 Å². The summed E-state index contributed by atoms with van der Waals surface area (Å²) in [6.45, 7) is -2.58. The minimum atomic E-state index is -2.94. The third-order valence-corrected chi connectivity index (χ3v) is 4.74. The Morgan fingerprint density at radius 1 is 1.43 bits per heavy atom. The van der Waals surface area contributed by atoms with Crippen molar-refractivity contribution in [2.75, 3.05) is 6.54 Å². The number of thiophene rings is 1. The van der Waals surface area contributed by atoms with Crippen molar-refractivity contribution in [3.63, 3.8) is 0 Å². The highest BCUT2D eigenvalue weighted by atomic mass is 32.1. The lowest BCUT2D eigenvalue weighted by Crippen LogP contribution is -2.45. The Bertz CT molecular complexity index is 462. The van der Waals surface area contributed by atoms with Crippen LogP contribution in [0.1, 0.15) is 41.8 Å². The number of alkyl halides is 2. The van der Waals surface area contributed by atoms with Gasteiger partial charge in [0.2, 0.25) is 0 Å². The monoisotopic (exact) mass is 318 g/mol. The molecule has 1 aliphatic rings. The Hall–Kier alpha value is -1.21. The quantitative estimate of drug-likeness (QED) is 0.847. The first-order chi connectivity index (χ1) is 10.1. The predicted octanol–water partition coefficient (Wildman–Crippen LogP) is 2.99. The summed E-state index contributed by atoms with van der Waals surface area (Å²) in [5, 5.41) is 4.43. The summed E-state index contributed by atoms with van der Waals surface area (Å²) in [5.41, 5.74) is 5.76. The number of amides is 1. The number of carbonyl (C=O) groups is 1. The van der Waals surface area contributed by atoms with Crippen molar-refractivity contribution in [3.8, 4) is 5.75 Å². The number of nitrogens with two attached hydrogens (primary N) is 1. The van der Waals surface area contributed by atoms with Gasteiger partial charge in [0.1, 0.15) is 10.6 Å². The average molecular weight is 318 g/mol. The third kappa shape index (κ3) is 4.38. The van der Waals surface area contributed by atoms with Crippen molar-refractivity contribution in [2.24, 2.45) is 11.7 Å². The molecule has 7 heteroatoms. The SMILES string of the molecule is NCC(NC(=O)c1sccc1OC(F)F)C1CCCCC1. The van der Waals surface area contributed by atoms with E-state index in [-0.39, 0.29) is 22.6 Å². The van der Waals surface area contributed by atoms with Gasteiger partial charge < -0.3 is 15.8 Å². The number of rotatable bonds is 6. The highest BCUT2D eigenvalue weighted by Crippen LogP contribution is 2.29. The van der Waals surface area contributed by atoms with Crippen LogP contribution in [0.25, 0.3) is 0 Å². The molecule has 1 fully saturated rings. The molecule has 0 spiro atoms. The van der Waals surface area contributed by atoms with Crippen molar-refractivity contribution in [1.29, 1.82) is 0 Å². The first-order valence-corrected chi connectivity index (χ1v) is 8.03. The molecule has 4 nitrogen and oxygen atoms in total. The van der Waals surface area contributed by atoms with Crippen LogP contribution >= 0.6 is 11.3 Å². The molecule has 118 valence electrons. The van der Waals surface area contributed by atoms with E-state index < -0.39 is 6.61 Å². The van der Waals surface area contributed by atoms with Crippen molar-refractivity contribution >= 4 is 17.2 Å². The first-order valence-electron chi connectivity index (χ1n) is 7.15. The maximum Gasteiger partial charge on any atom is 0.387 e. The average Bonchev–Trinajstić information content (AvgIpc) is 2.93. The Morgan fingerprint density at radius 2 is 2.14 bits per heavy atom. The lowest BCUT2D eigenvalue weighted by molar-refractivity contribution is -0.0498. The molecule has 1 saturated carbocycles. The van der Waals surface area contributed by atoms with Gasteiger partial charge in [0.15, 0.2) is 0 Å². The Balaban J connectivity index is 2.00. The summed E-state index contributed by atoms with van der Waals surface area (Å²) in [4.78, 5) is 12.4. The van der Waals surface area contributed by atoms with Crippen LogP contribution in [-0.4, -0.2) is 25.1 Å². The molecule has 0 aromatic carbocycles. The molecule has 1 unspecified atom stereocenters. The van der Waals surface area contributed by atoms with Gasteiger partial charge >= 0.3 is 6.61 Å². The molecule has 0 bridgehead atoms. The van der Waals surface area contributed by atoms with Crippen LogP contribution in [-0.2, 0) is 0 Å². The second-order valence-corrected chi connectivity index (χ2v) is 6.12. The summed E-state index contributed by atoms with van der Waals surface area (Å²) in [7, 11) is 0. The van der Waals surface area contributed by atoms with E-state index in [2.05, 4.69) is 10.1 Å². The second kappa shape index (κ2) is 7.70. The third-order valence-electron chi connectivity index (χ3n) is 3.84. The maximum atomic E-state index is 12.3. The van der Waals surface area contributed by atoms with Gasteiger partial charge in [0.25, 0.3) is 5.91 Å². The van der Waals surface area contributed by atoms with Crippen LogP contribution in [0.2, 0.25) is 0 Å². The van der Waals surface area contributed by atoms with Gasteiger partial charge in [-0.25, -0.2) is 0 Å². The smallest absolute Gasteiger partial charge is 0.387 e. The number of nitrogens with one attached hydrogen (secondary N) is 1. The molecule has 1 atom stereocenters. The molecule has 1 aromatic heterocycles. The van der Waals surface area contributed by atoms with Crippen molar-refractivity contribution in [1.82, 2.24) is 5.32 Å². The second-order valence-electron chi connectivity index (χ2n) is 5.21. The fourth-order valence-electron chi connectivity index (χ4n) is 2.79. The fourth-order valence-corrected chi connectivity index (χ4v) is 3.52. The standard InChI is InChI=1S/C14H20F2N2O2S/c15-14(16)20-11-6-7-21-12(11)13(19)18-10(8-17)9-4-2-1-3-5-9/h6-7,9-10,14H,1-5,8,17H2,(H,18,19). The molecule has 2 rings (SSSR count). The first kappa shape index (κ1) is 16.2. The van der Waals surface area contributed by atoms with Crippen LogP contribution < -0.4 is 15.8 Å². The zero-order valence-electron chi connectivity index (χ0n) is 11.7. The molecular weight excluding hydrogens is 298 g/mol. The lowest BCUT2D eigenvalue weighted by atomic mass is 9.84. The number of hydrogen-bond acceptors (Lipinski definition) is 4. The summed E-state index contributed by atoms with van der Waals surface area (Å²) in [6, 6.07) is 1.27. The van der Waals surface area contributed by atoms with Crippen LogP contribution in [0.3, 0.4) is 0 Å². The van der Waals surface area contributed by atoms with Crippen LogP contribution in [0, 0.1) is 5.92 Å². The normalized spacial score (nSPS) is 17.7. The van der Waals surface area contributed by atoms with Gasteiger partial charge in [0.05, 0.1) is 0 Å². The van der Waals surface area contributed by atoms with Gasteiger partial charge in [-0.2, -0.15) is 8.78 Å². The molecule has 1 aromatic rings. The largest absolute Gasteiger partial charge is 0.433 e. The molecule has 0 saturated heterocycles. The van der Waals surface area contributed by atoms with Crippen LogP contribution in [0.15, 0.2) is 11.4 Å². The number of carbonyl (C=O) groups excluding carboxylic acids is 1. The van der Waals surface area contributed by atoms with Gasteiger partial charge in [-0.1, -0.05) is 19.3 Å². The van der Waals surface area contributed by atoms with Gasteiger partial charge in [-0.05, 0) is 30.2 Å². The summed E-state index contributed by atoms with van der Waals surface area (Å²) in [5.74, 6) is -0.0966. The Morgan fingerprint density at radius 3 is 2.76 bits per heavy atom. The molecule has 21 heavy (non-hydrogen) atoms. The molecule has 1 aliphatic carbocycles. The molecule has 3 N–H and O–H groups in total. The minimum Gasteiger partial charge on any atom is -0.433 e. The van der Waals surface area contributed by atoms with E-state index in [9.17, 15) is 13.6 Å². The van der Waals surface area contributed by atoms with Gasteiger partial charge in [-0.15, -0.1) is 11.3 Å². The zero-order valence-corrected chi connectivity index (χ0v) is 12.5. The molecule has 1 amide bonds. The number of ether oxygens (including phenoxy) is 1. The Kier molecular flexibility index (Phi) is 5.93. The van der Waals surface area contributed by atoms with E-state index in [0.29, 0.717) is 12.5 Å². The highest BCUT2D eigenvalue weighted by Gasteiger charge is 2.26. The van der Waals surface area contributed by atoms with E-state index in [1.54, 1.807) is 5.38 Å². The molecular formula is C14H20F2N2O2S. The van der Waals surface area contributed by atoms with Gasteiger partial charge in [-0.3, -0.25) is 4.79 Å². The molecule has 1 heterocycles. The van der Waals surface area contributed by atoms with Crippen molar-refractivity contribution < 1.29 is 18.3 Å². The summed E-state index contributed by atoms with van der Waals surface area (Å²) in [6.07, 6.45) is 5.62. The van der Waals surface area contributed by atoms with E-state index in [1.165, 1.54) is 12.5 Å².